The molecule has 0 aromatic carbocycles. The largest absolute Gasteiger partial charge is 0.458 e. The maximum Gasteiger partial charge on any atom is 0.458 e. The van der Waals surface area contributed by atoms with Crippen LogP contribution in [0.2, 0.25) is 5.82 Å². The Labute approximate surface area is 91.7 Å². The molecule has 0 aromatic heterocycles. The molecule has 1 aliphatic rings. The number of carbonyl (C=O) groups excluding carboxylic acids is 1. The van der Waals surface area contributed by atoms with Crippen LogP contribution < -0.4 is 0 Å². The maximum absolute atomic E-state index is 10.4. The lowest BCUT2D eigenvalue weighted by molar-refractivity contribution is -0.105. The van der Waals surface area contributed by atoms with Crippen molar-refractivity contribution in [2.24, 2.45) is 0 Å². The number of hydrogen-bond acceptors (Lipinski definition) is 3. The Kier molecular flexibility index (Phi) is 7.96. The minimum atomic E-state index is -1.29. The molecule has 0 saturated carbocycles. The van der Waals surface area contributed by atoms with Gasteiger partial charge in [0.15, 0.2) is 0 Å². The van der Waals surface area contributed by atoms with Gasteiger partial charge in [-0.2, -0.15) is 0 Å². The Hall–Kier alpha value is -0.865. The van der Waals surface area contributed by atoms with E-state index in [9.17, 15) is 4.79 Å². The molecule has 0 heterocycles. The van der Waals surface area contributed by atoms with E-state index in [-0.39, 0.29) is 5.82 Å². The van der Waals surface area contributed by atoms with Crippen molar-refractivity contribution in [2.75, 3.05) is 0 Å². The maximum atomic E-state index is 10.4. The zero-order valence-corrected chi connectivity index (χ0v) is 9.39. The normalized spacial score (nSPS) is 25.9. The minimum absolute atomic E-state index is 0.204. The standard InChI is InChI=1S/C9H13BO3.C2H6/c11-7-8-3-1-5-9(10(12)13)6-2-4-8;1-2/h1,4-5,7,9,12-13H,2-3,6H2;1-2H3/b5-1-,8-4+;. The minimum Gasteiger partial charge on any atom is -0.427 e. The van der Waals surface area contributed by atoms with Gasteiger partial charge in [0, 0.05) is 5.82 Å². The molecule has 1 rings (SSSR count). The van der Waals surface area contributed by atoms with Gasteiger partial charge in [-0.3, -0.25) is 4.79 Å². The van der Waals surface area contributed by atoms with Crippen molar-refractivity contribution in [3.8, 4) is 0 Å². The second-order valence-electron chi connectivity index (χ2n) is 3.18. The number of carbonyl (C=O) groups is 1. The summed E-state index contributed by atoms with van der Waals surface area (Å²) in [6.45, 7) is 4.00. The van der Waals surface area contributed by atoms with Crippen molar-refractivity contribution in [3.05, 3.63) is 23.8 Å². The lowest BCUT2D eigenvalue weighted by Crippen LogP contribution is -2.18. The van der Waals surface area contributed by atoms with Crippen LogP contribution in [0, 0.1) is 0 Å². The van der Waals surface area contributed by atoms with Crippen molar-refractivity contribution in [3.63, 3.8) is 0 Å². The van der Waals surface area contributed by atoms with Gasteiger partial charge in [-0.25, -0.2) is 0 Å². The van der Waals surface area contributed by atoms with Gasteiger partial charge in [0.1, 0.15) is 6.29 Å². The van der Waals surface area contributed by atoms with E-state index >= 15 is 0 Å². The van der Waals surface area contributed by atoms with E-state index in [4.69, 9.17) is 10.0 Å². The van der Waals surface area contributed by atoms with Crippen LogP contribution in [-0.4, -0.2) is 23.5 Å². The molecular weight excluding hydrogens is 191 g/mol. The molecule has 0 spiro atoms. The second kappa shape index (κ2) is 8.44. The van der Waals surface area contributed by atoms with E-state index in [2.05, 4.69) is 0 Å². The summed E-state index contributed by atoms with van der Waals surface area (Å²) in [5, 5.41) is 17.9. The average molecular weight is 210 g/mol. The average Bonchev–Trinajstić information content (AvgIpc) is 2.20. The first kappa shape index (κ1) is 14.1. The van der Waals surface area contributed by atoms with Gasteiger partial charge >= 0.3 is 7.12 Å². The van der Waals surface area contributed by atoms with Gasteiger partial charge in [-0.15, -0.1) is 0 Å². The fourth-order valence-corrected chi connectivity index (χ4v) is 1.36. The fraction of sp³-hybridized carbons (Fsp3) is 0.545. The Balaban J connectivity index is 0.000000921. The third-order valence-corrected chi connectivity index (χ3v) is 2.18. The molecule has 1 aliphatic carbocycles. The Bertz CT molecular complexity index is 234. The van der Waals surface area contributed by atoms with Crippen LogP contribution in [0.3, 0.4) is 0 Å². The smallest absolute Gasteiger partial charge is 0.427 e. The van der Waals surface area contributed by atoms with Gasteiger partial charge in [-0.1, -0.05) is 32.1 Å². The third kappa shape index (κ3) is 5.55. The van der Waals surface area contributed by atoms with Crippen molar-refractivity contribution in [1.29, 1.82) is 0 Å². The van der Waals surface area contributed by atoms with Gasteiger partial charge in [0.2, 0.25) is 0 Å². The zero-order valence-electron chi connectivity index (χ0n) is 9.39. The second-order valence-corrected chi connectivity index (χ2v) is 3.18. The number of rotatable bonds is 2. The van der Waals surface area contributed by atoms with Crippen molar-refractivity contribution in [1.82, 2.24) is 0 Å². The highest BCUT2D eigenvalue weighted by Crippen LogP contribution is 2.21. The molecule has 3 nitrogen and oxygen atoms in total. The molecule has 0 aromatic rings. The fourth-order valence-electron chi connectivity index (χ4n) is 1.36. The van der Waals surface area contributed by atoms with Crippen molar-refractivity contribution >= 4 is 13.4 Å². The van der Waals surface area contributed by atoms with Gasteiger partial charge in [0.25, 0.3) is 0 Å². The third-order valence-electron chi connectivity index (χ3n) is 2.18. The van der Waals surface area contributed by atoms with Crippen molar-refractivity contribution < 1.29 is 14.8 Å². The Morgan fingerprint density at radius 3 is 2.67 bits per heavy atom. The van der Waals surface area contributed by atoms with Crippen molar-refractivity contribution in [2.45, 2.75) is 38.9 Å². The van der Waals surface area contributed by atoms with Crippen LogP contribution in [-0.2, 0) is 4.79 Å². The van der Waals surface area contributed by atoms with Crippen LogP contribution in [0.1, 0.15) is 33.1 Å². The number of allylic oxidation sites excluding steroid dienone is 4. The monoisotopic (exact) mass is 210 g/mol. The van der Waals surface area contributed by atoms with Crippen LogP contribution in [0.4, 0.5) is 0 Å². The molecule has 0 saturated heterocycles. The van der Waals surface area contributed by atoms with Crippen LogP contribution in [0.15, 0.2) is 23.8 Å². The molecule has 0 aliphatic heterocycles. The lowest BCUT2D eigenvalue weighted by Gasteiger charge is -2.11. The highest BCUT2D eigenvalue weighted by molar-refractivity contribution is 6.43. The topological polar surface area (TPSA) is 57.5 Å². The zero-order chi connectivity index (χ0) is 11.7. The van der Waals surface area contributed by atoms with Gasteiger partial charge in [0.05, 0.1) is 0 Å². The van der Waals surface area contributed by atoms with E-state index in [1.807, 2.05) is 26.0 Å². The molecule has 0 fully saturated rings. The Morgan fingerprint density at radius 2 is 2.13 bits per heavy atom. The van der Waals surface area contributed by atoms with E-state index in [0.29, 0.717) is 12.8 Å². The summed E-state index contributed by atoms with van der Waals surface area (Å²) in [7, 11) is -1.29. The molecule has 1 unspecified atom stereocenters. The highest BCUT2D eigenvalue weighted by atomic mass is 16.4. The summed E-state index contributed by atoms with van der Waals surface area (Å²) >= 11 is 0. The van der Waals surface area contributed by atoms with Gasteiger partial charge < -0.3 is 10.0 Å². The summed E-state index contributed by atoms with van der Waals surface area (Å²) in [6.07, 6.45) is 8.26. The molecule has 84 valence electrons. The summed E-state index contributed by atoms with van der Waals surface area (Å²) in [6, 6.07) is 0. The molecule has 2 N–H and O–H groups in total. The summed E-state index contributed by atoms with van der Waals surface area (Å²) < 4.78 is 0. The van der Waals surface area contributed by atoms with E-state index in [1.54, 1.807) is 6.08 Å². The summed E-state index contributed by atoms with van der Waals surface area (Å²) in [5.74, 6) is -0.204. The van der Waals surface area contributed by atoms with E-state index in [0.717, 1.165) is 18.3 Å². The molecule has 4 heteroatoms. The SMILES string of the molecule is CC.O=C/C1=C/CCC(B(O)O)/C=C\C1. The quantitative estimate of drug-likeness (QED) is 0.414. The molecular formula is C11H19BO3. The molecule has 1 atom stereocenters. The molecule has 0 amide bonds. The first-order valence-corrected chi connectivity index (χ1v) is 5.41. The van der Waals surface area contributed by atoms with E-state index in [1.165, 1.54) is 0 Å². The lowest BCUT2D eigenvalue weighted by atomic mass is 9.69. The van der Waals surface area contributed by atoms with Crippen LogP contribution in [0.5, 0.6) is 0 Å². The predicted molar refractivity (Wildman–Crippen MR) is 62.4 cm³/mol. The number of aldehydes is 1. The van der Waals surface area contributed by atoms with Gasteiger partial charge in [-0.05, 0) is 24.8 Å². The molecule has 0 radical (unpaired) electrons. The highest BCUT2D eigenvalue weighted by Gasteiger charge is 2.20. The number of hydrogen-bond donors (Lipinski definition) is 2. The first-order chi connectivity index (χ1) is 7.24. The van der Waals surface area contributed by atoms with E-state index < -0.39 is 7.12 Å². The summed E-state index contributed by atoms with van der Waals surface area (Å²) in [4.78, 5) is 10.4. The molecule has 0 bridgehead atoms. The molecule has 15 heavy (non-hydrogen) atoms. The Morgan fingerprint density at radius 1 is 1.47 bits per heavy atom. The van der Waals surface area contributed by atoms with Crippen LogP contribution >= 0.6 is 0 Å². The summed E-state index contributed by atoms with van der Waals surface area (Å²) in [5.41, 5.74) is 0.766. The first-order valence-electron chi connectivity index (χ1n) is 5.41. The predicted octanol–water partition coefficient (Wildman–Crippen LogP) is 1.72. The van der Waals surface area contributed by atoms with Crippen LogP contribution in [0.25, 0.3) is 0 Å².